The highest BCUT2D eigenvalue weighted by molar-refractivity contribution is 5.69. The molecule has 0 spiro atoms. The number of hydrogen-bond acceptors (Lipinski definition) is 4. The van der Waals surface area contributed by atoms with Gasteiger partial charge >= 0.3 is 11.9 Å². The summed E-state index contributed by atoms with van der Waals surface area (Å²) >= 11 is 0. The smallest absolute Gasteiger partial charge is 0.306 e. The van der Waals surface area contributed by atoms with Crippen molar-refractivity contribution in [1.82, 2.24) is 0 Å². The number of hydrogen-bond donors (Lipinski definition) is 0. The lowest BCUT2D eigenvalue weighted by molar-refractivity contribution is -0.145. The van der Waals surface area contributed by atoms with Gasteiger partial charge in [0.25, 0.3) is 0 Å². The van der Waals surface area contributed by atoms with Gasteiger partial charge in [0.1, 0.15) is 0 Å². The van der Waals surface area contributed by atoms with E-state index >= 15 is 0 Å². The Labute approximate surface area is 231 Å². The van der Waals surface area contributed by atoms with Gasteiger partial charge in [-0.1, -0.05) is 143 Å². The molecule has 1 atom stereocenters. The summed E-state index contributed by atoms with van der Waals surface area (Å²) in [6.45, 7) is 7.86. The van der Waals surface area contributed by atoms with Crippen molar-refractivity contribution in [2.24, 2.45) is 5.92 Å². The summed E-state index contributed by atoms with van der Waals surface area (Å²) in [5.41, 5.74) is 0. The summed E-state index contributed by atoms with van der Waals surface area (Å²) in [5.74, 6) is 0.478. The van der Waals surface area contributed by atoms with Gasteiger partial charge in [-0.3, -0.25) is 9.59 Å². The van der Waals surface area contributed by atoms with Crippen LogP contribution in [0.15, 0.2) is 0 Å². The van der Waals surface area contributed by atoms with Gasteiger partial charge in [-0.15, -0.1) is 0 Å². The van der Waals surface area contributed by atoms with Crippen molar-refractivity contribution in [1.29, 1.82) is 0 Å². The first-order chi connectivity index (χ1) is 18.1. The van der Waals surface area contributed by atoms with Crippen LogP contribution in [0.5, 0.6) is 0 Å². The third-order valence-electron chi connectivity index (χ3n) is 7.55. The zero-order valence-corrected chi connectivity index (χ0v) is 25.3. The minimum atomic E-state index is -0.00925. The minimum Gasteiger partial charge on any atom is -0.466 e. The highest BCUT2D eigenvalue weighted by Gasteiger charge is 2.13. The first-order valence-electron chi connectivity index (χ1n) is 16.4. The largest absolute Gasteiger partial charge is 0.466 e. The van der Waals surface area contributed by atoms with Gasteiger partial charge < -0.3 is 9.47 Å². The third kappa shape index (κ3) is 27.8. The Hall–Kier alpha value is -1.06. The predicted octanol–water partition coefficient (Wildman–Crippen LogP) is 10.5. The normalized spacial score (nSPS) is 12.0. The van der Waals surface area contributed by atoms with Gasteiger partial charge in [0, 0.05) is 12.8 Å². The fraction of sp³-hybridized carbons (Fsp3) is 0.939. The molecule has 0 rings (SSSR count). The van der Waals surface area contributed by atoms with Crippen LogP contribution in [0.2, 0.25) is 0 Å². The van der Waals surface area contributed by atoms with Crippen LogP contribution in [0.4, 0.5) is 0 Å². The van der Waals surface area contributed by atoms with Crippen molar-refractivity contribution >= 4 is 11.9 Å². The summed E-state index contributed by atoms with van der Waals surface area (Å²) in [7, 11) is 0. The van der Waals surface area contributed by atoms with Crippen molar-refractivity contribution in [2.45, 2.75) is 181 Å². The molecule has 0 aliphatic carbocycles. The van der Waals surface area contributed by atoms with E-state index in [2.05, 4.69) is 20.8 Å². The molecule has 0 aromatic heterocycles. The van der Waals surface area contributed by atoms with Crippen molar-refractivity contribution in [3.63, 3.8) is 0 Å². The molecule has 0 amide bonds. The molecule has 0 N–H and O–H groups in total. The van der Waals surface area contributed by atoms with Crippen LogP contribution in [-0.2, 0) is 19.1 Å². The Morgan fingerprint density at radius 1 is 0.486 bits per heavy atom. The number of esters is 2. The molecular formula is C33H64O4. The maximum Gasteiger partial charge on any atom is 0.306 e. The van der Waals surface area contributed by atoms with Gasteiger partial charge in [0.15, 0.2) is 0 Å². The van der Waals surface area contributed by atoms with E-state index in [0.29, 0.717) is 32.0 Å². The molecular weight excluding hydrogens is 460 g/mol. The van der Waals surface area contributed by atoms with Crippen LogP contribution in [0.3, 0.4) is 0 Å². The summed E-state index contributed by atoms with van der Waals surface area (Å²) in [6, 6.07) is 0. The Morgan fingerprint density at radius 3 is 1.38 bits per heavy atom. The molecule has 220 valence electrons. The van der Waals surface area contributed by atoms with E-state index in [4.69, 9.17) is 9.47 Å². The second-order valence-corrected chi connectivity index (χ2v) is 11.2. The minimum absolute atomic E-state index is 0.00600. The fourth-order valence-electron chi connectivity index (χ4n) is 4.89. The van der Waals surface area contributed by atoms with Crippen molar-refractivity contribution in [3.8, 4) is 0 Å². The van der Waals surface area contributed by atoms with Crippen LogP contribution in [-0.4, -0.2) is 25.2 Å². The quantitative estimate of drug-likeness (QED) is 0.0721. The first kappa shape index (κ1) is 35.9. The van der Waals surface area contributed by atoms with E-state index in [-0.39, 0.29) is 11.9 Å². The number of unbranched alkanes of at least 4 members (excludes halogenated alkanes) is 18. The van der Waals surface area contributed by atoms with Gasteiger partial charge in [0.2, 0.25) is 0 Å². The lowest BCUT2D eigenvalue weighted by atomic mass is 9.95. The SMILES string of the molecule is CCCCCCCCOC(=O)CCCCCCCCCCCC(CC)CC(=O)OCCCCCCCC. The van der Waals surface area contributed by atoms with Gasteiger partial charge in [-0.05, 0) is 31.6 Å². The molecule has 0 saturated heterocycles. The summed E-state index contributed by atoms with van der Waals surface area (Å²) in [6.07, 6.45) is 29.1. The van der Waals surface area contributed by atoms with Crippen molar-refractivity contribution in [3.05, 3.63) is 0 Å². The second kappa shape index (κ2) is 29.5. The maximum absolute atomic E-state index is 12.1. The lowest BCUT2D eigenvalue weighted by Crippen LogP contribution is -2.12. The molecule has 0 aromatic carbocycles. The van der Waals surface area contributed by atoms with Gasteiger partial charge in [-0.2, -0.15) is 0 Å². The zero-order chi connectivity index (χ0) is 27.2. The molecule has 0 bridgehead atoms. The van der Waals surface area contributed by atoms with E-state index in [1.165, 1.54) is 109 Å². The van der Waals surface area contributed by atoms with Crippen LogP contribution in [0, 0.1) is 5.92 Å². The van der Waals surface area contributed by atoms with Gasteiger partial charge in [-0.25, -0.2) is 0 Å². The number of carbonyl (C=O) groups excluding carboxylic acids is 2. The van der Waals surface area contributed by atoms with E-state index < -0.39 is 0 Å². The third-order valence-corrected chi connectivity index (χ3v) is 7.55. The molecule has 0 saturated carbocycles. The molecule has 37 heavy (non-hydrogen) atoms. The monoisotopic (exact) mass is 524 g/mol. The standard InChI is InChI=1S/C33H64O4/c1-4-7-9-11-20-24-28-36-32(34)27-23-19-17-15-13-14-16-18-22-26-31(6-3)30-33(35)37-29-25-21-12-10-8-5-2/h31H,4-30H2,1-3H3. The number of carbonyl (C=O) groups is 2. The first-order valence-corrected chi connectivity index (χ1v) is 16.4. The Balaban J connectivity index is 3.44. The van der Waals surface area contributed by atoms with Crippen LogP contribution < -0.4 is 0 Å². The van der Waals surface area contributed by atoms with Crippen LogP contribution in [0.1, 0.15) is 181 Å². The molecule has 0 aromatic rings. The summed E-state index contributed by atoms with van der Waals surface area (Å²) in [4.78, 5) is 23.9. The van der Waals surface area contributed by atoms with Crippen LogP contribution in [0.25, 0.3) is 0 Å². The average molecular weight is 525 g/mol. The molecule has 0 aliphatic rings. The number of rotatable bonds is 29. The Kier molecular flexibility index (Phi) is 28.7. The fourth-order valence-corrected chi connectivity index (χ4v) is 4.89. The molecule has 0 aliphatic heterocycles. The van der Waals surface area contributed by atoms with Crippen molar-refractivity contribution < 1.29 is 19.1 Å². The zero-order valence-electron chi connectivity index (χ0n) is 25.3. The number of ether oxygens (including phenoxy) is 2. The molecule has 0 heterocycles. The highest BCUT2D eigenvalue weighted by Crippen LogP contribution is 2.19. The highest BCUT2D eigenvalue weighted by atomic mass is 16.5. The van der Waals surface area contributed by atoms with Crippen LogP contribution >= 0.6 is 0 Å². The van der Waals surface area contributed by atoms with Gasteiger partial charge in [0.05, 0.1) is 13.2 Å². The Bertz CT molecular complexity index is 491. The van der Waals surface area contributed by atoms with E-state index in [1.54, 1.807) is 0 Å². The molecule has 4 heteroatoms. The van der Waals surface area contributed by atoms with E-state index in [1.807, 2.05) is 0 Å². The lowest BCUT2D eigenvalue weighted by Gasteiger charge is -2.14. The molecule has 0 radical (unpaired) electrons. The Morgan fingerprint density at radius 2 is 0.892 bits per heavy atom. The predicted molar refractivity (Wildman–Crippen MR) is 158 cm³/mol. The van der Waals surface area contributed by atoms with E-state index in [9.17, 15) is 9.59 Å². The van der Waals surface area contributed by atoms with E-state index in [0.717, 1.165) is 38.5 Å². The molecule has 1 unspecified atom stereocenters. The topological polar surface area (TPSA) is 52.6 Å². The maximum atomic E-state index is 12.1. The molecule has 4 nitrogen and oxygen atoms in total. The van der Waals surface area contributed by atoms with Crippen molar-refractivity contribution in [2.75, 3.05) is 13.2 Å². The average Bonchev–Trinajstić information content (AvgIpc) is 2.89. The molecule has 0 fully saturated rings. The second-order valence-electron chi connectivity index (χ2n) is 11.2. The summed E-state index contributed by atoms with van der Waals surface area (Å²) in [5, 5.41) is 0. The summed E-state index contributed by atoms with van der Waals surface area (Å²) < 4.78 is 10.8.